The third kappa shape index (κ3) is 3.31. The van der Waals surface area contributed by atoms with Gasteiger partial charge in [0.1, 0.15) is 16.5 Å². The Kier molecular flexibility index (Phi) is 3.57. The number of carbonyl (C=O) groups is 1. The molecule has 2 rings (SSSR count). The van der Waals surface area contributed by atoms with Gasteiger partial charge in [0.2, 0.25) is 0 Å². The van der Waals surface area contributed by atoms with Gasteiger partial charge in [0, 0.05) is 16.9 Å². The number of nitrogen functional groups attached to an aromatic ring is 1. The van der Waals surface area contributed by atoms with Gasteiger partial charge in [0.05, 0.1) is 12.2 Å². The van der Waals surface area contributed by atoms with Crippen LogP contribution in [0, 0.1) is 0 Å². The van der Waals surface area contributed by atoms with Crippen molar-refractivity contribution in [3.05, 3.63) is 27.8 Å². The summed E-state index contributed by atoms with van der Waals surface area (Å²) >= 11 is 1.54. The van der Waals surface area contributed by atoms with Gasteiger partial charge in [0.25, 0.3) is 5.91 Å². The Morgan fingerprint density at radius 1 is 1.53 bits per heavy atom. The maximum atomic E-state index is 11.8. The summed E-state index contributed by atoms with van der Waals surface area (Å²) in [4.78, 5) is 16.3. The fourth-order valence-corrected chi connectivity index (χ4v) is 2.40. The number of amides is 1. The lowest BCUT2D eigenvalue weighted by Crippen LogP contribution is -2.23. The quantitative estimate of drug-likeness (QED) is 0.796. The molecule has 2 heterocycles. The molecule has 0 bridgehead atoms. The van der Waals surface area contributed by atoms with E-state index in [2.05, 4.69) is 41.3 Å². The molecule has 0 aliphatic rings. The highest BCUT2D eigenvalue weighted by Crippen LogP contribution is 2.23. The molecule has 1 amide bonds. The molecule has 2 aromatic rings. The zero-order valence-electron chi connectivity index (χ0n) is 11.2. The molecule has 0 saturated carbocycles. The van der Waals surface area contributed by atoms with Gasteiger partial charge in [-0.2, -0.15) is 5.10 Å². The van der Waals surface area contributed by atoms with Crippen molar-refractivity contribution >= 4 is 23.1 Å². The van der Waals surface area contributed by atoms with Gasteiger partial charge >= 0.3 is 0 Å². The number of thiazole rings is 1. The Balaban J connectivity index is 1.96. The highest BCUT2D eigenvalue weighted by molar-refractivity contribution is 7.09. The molecule has 0 saturated heterocycles. The number of H-pyrrole nitrogens is 1. The van der Waals surface area contributed by atoms with Crippen molar-refractivity contribution in [3.63, 3.8) is 0 Å². The predicted octanol–water partition coefficient (Wildman–Crippen LogP) is 1.68. The van der Waals surface area contributed by atoms with Gasteiger partial charge in [-0.1, -0.05) is 20.8 Å². The number of nitrogens with zero attached hydrogens (tertiary/aromatic N) is 2. The molecule has 102 valence electrons. The summed E-state index contributed by atoms with van der Waals surface area (Å²) in [6.45, 7) is 6.73. The largest absolute Gasteiger partial charge is 0.382 e. The Bertz CT molecular complexity index is 581. The molecular formula is C12H17N5OS. The third-order valence-electron chi connectivity index (χ3n) is 2.56. The number of aromatic amines is 1. The van der Waals surface area contributed by atoms with Gasteiger partial charge < -0.3 is 11.1 Å². The van der Waals surface area contributed by atoms with Crippen LogP contribution in [0.1, 0.15) is 42.0 Å². The van der Waals surface area contributed by atoms with Crippen LogP contribution in [-0.2, 0) is 12.0 Å². The number of hydrogen-bond donors (Lipinski definition) is 3. The molecule has 0 unspecified atom stereocenters. The van der Waals surface area contributed by atoms with Crippen molar-refractivity contribution < 1.29 is 4.79 Å². The lowest BCUT2D eigenvalue weighted by molar-refractivity contribution is 0.0946. The molecule has 0 fully saturated rings. The van der Waals surface area contributed by atoms with Crippen molar-refractivity contribution in [2.45, 2.75) is 32.7 Å². The molecular weight excluding hydrogens is 262 g/mol. The summed E-state index contributed by atoms with van der Waals surface area (Å²) in [5.74, 6) is 0.0612. The Morgan fingerprint density at radius 3 is 2.79 bits per heavy atom. The summed E-state index contributed by atoms with van der Waals surface area (Å²) in [6.07, 6.45) is 0. The number of nitrogens with one attached hydrogen (secondary N) is 2. The van der Waals surface area contributed by atoms with Crippen molar-refractivity contribution in [1.29, 1.82) is 0 Å². The van der Waals surface area contributed by atoms with E-state index in [4.69, 9.17) is 5.73 Å². The SMILES string of the molecule is CC(C)(C)c1csc(CNC(=O)c2cc(N)n[nH]2)n1. The molecule has 19 heavy (non-hydrogen) atoms. The zero-order chi connectivity index (χ0) is 14.0. The van der Waals surface area contributed by atoms with E-state index in [0.717, 1.165) is 10.7 Å². The van der Waals surface area contributed by atoms with Crippen LogP contribution in [0.15, 0.2) is 11.4 Å². The van der Waals surface area contributed by atoms with E-state index in [1.54, 1.807) is 11.3 Å². The predicted molar refractivity (Wildman–Crippen MR) is 75.0 cm³/mol. The Morgan fingerprint density at radius 2 is 2.26 bits per heavy atom. The molecule has 2 aromatic heterocycles. The van der Waals surface area contributed by atoms with Gasteiger partial charge in [-0.3, -0.25) is 9.89 Å². The van der Waals surface area contributed by atoms with E-state index in [-0.39, 0.29) is 11.3 Å². The average molecular weight is 279 g/mol. The zero-order valence-corrected chi connectivity index (χ0v) is 12.0. The minimum absolute atomic E-state index is 0.0244. The number of nitrogens with two attached hydrogens (primary N) is 1. The molecule has 0 aliphatic heterocycles. The minimum atomic E-state index is -0.239. The summed E-state index contributed by atoms with van der Waals surface area (Å²) in [5.41, 5.74) is 6.85. The number of anilines is 1. The van der Waals surface area contributed by atoms with Crippen LogP contribution in [0.3, 0.4) is 0 Å². The normalized spacial score (nSPS) is 11.5. The van der Waals surface area contributed by atoms with Gasteiger partial charge in [-0.05, 0) is 0 Å². The van der Waals surface area contributed by atoms with E-state index >= 15 is 0 Å². The lowest BCUT2D eigenvalue weighted by Gasteiger charge is -2.14. The second kappa shape index (κ2) is 5.00. The molecule has 0 spiro atoms. The van der Waals surface area contributed by atoms with Crippen molar-refractivity contribution in [2.24, 2.45) is 0 Å². The first-order valence-corrected chi connectivity index (χ1v) is 6.78. The van der Waals surface area contributed by atoms with E-state index < -0.39 is 0 Å². The minimum Gasteiger partial charge on any atom is -0.382 e. The molecule has 0 atom stereocenters. The highest BCUT2D eigenvalue weighted by Gasteiger charge is 2.17. The van der Waals surface area contributed by atoms with E-state index in [0.29, 0.717) is 18.1 Å². The smallest absolute Gasteiger partial charge is 0.269 e. The van der Waals surface area contributed by atoms with Crippen LogP contribution < -0.4 is 11.1 Å². The maximum Gasteiger partial charge on any atom is 0.269 e. The van der Waals surface area contributed by atoms with E-state index in [1.807, 2.05) is 5.38 Å². The van der Waals surface area contributed by atoms with Crippen LogP contribution in [0.2, 0.25) is 0 Å². The van der Waals surface area contributed by atoms with Gasteiger partial charge in [-0.15, -0.1) is 11.3 Å². The first kappa shape index (κ1) is 13.5. The Hall–Kier alpha value is -1.89. The monoisotopic (exact) mass is 279 g/mol. The lowest BCUT2D eigenvalue weighted by atomic mass is 9.93. The fourth-order valence-electron chi connectivity index (χ4n) is 1.44. The summed E-state index contributed by atoms with van der Waals surface area (Å²) < 4.78 is 0. The summed E-state index contributed by atoms with van der Waals surface area (Å²) in [7, 11) is 0. The summed E-state index contributed by atoms with van der Waals surface area (Å²) in [6, 6.07) is 1.50. The maximum absolute atomic E-state index is 11.8. The van der Waals surface area contributed by atoms with Crippen LogP contribution in [-0.4, -0.2) is 21.1 Å². The van der Waals surface area contributed by atoms with Crippen molar-refractivity contribution in [2.75, 3.05) is 5.73 Å². The van der Waals surface area contributed by atoms with Gasteiger partial charge in [-0.25, -0.2) is 4.98 Å². The molecule has 0 radical (unpaired) electrons. The van der Waals surface area contributed by atoms with E-state index in [1.165, 1.54) is 6.07 Å². The summed E-state index contributed by atoms with van der Waals surface area (Å²) in [5, 5.41) is 12.0. The van der Waals surface area contributed by atoms with Crippen LogP contribution in [0.5, 0.6) is 0 Å². The topological polar surface area (TPSA) is 96.7 Å². The average Bonchev–Trinajstić information content (AvgIpc) is 2.93. The number of rotatable bonds is 3. The molecule has 0 aliphatic carbocycles. The molecule has 4 N–H and O–H groups in total. The Labute approximate surface area is 115 Å². The first-order chi connectivity index (χ1) is 8.86. The number of carbonyl (C=O) groups excluding carboxylic acids is 1. The van der Waals surface area contributed by atoms with Crippen LogP contribution in [0.25, 0.3) is 0 Å². The standard InChI is InChI=1S/C12H17N5OS/c1-12(2,3)8-6-19-10(15-8)5-14-11(18)7-4-9(13)17-16-7/h4,6H,5H2,1-3H3,(H,14,18)(H3,13,16,17). The second-order valence-corrected chi connectivity index (χ2v) is 6.21. The van der Waals surface area contributed by atoms with Gasteiger partial charge in [0.15, 0.2) is 0 Å². The number of aromatic nitrogens is 3. The number of hydrogen-bond acceptors (Lipinski definition) is 5. The highest BCUT2D eigenvalue weighted by atomic mass is 32.1. The van der Waals surface area contributed by atoms with Crippen LogP contribution in [0.4, 0.5) is 5.82 Å². The molecule has 7 heteroatoms. The molecule has 0 aromatic carbocycles. The fraction of sp³-hybridized carbons (Fsp3) is 0.417. The van der Waals surface area contributed by atoms with Crippen molar-refractivity contribution in [3.8, 4) is 0 Å². The van der Waals surface area contributed by atoms with Crippen LogP contribution >= 0.6 is 11.3 Å². The molecule has 6 nitrogen and oxygen atoms in total. The first-order valence-electron chi connectivity index (χ1n) is 5.90. The third-order valence-corrected chi connectivity index (χ3v) is 3.41. The van der Waals surface area contributed by atoms with E-state index in [9.17, 15) is 4.79 Å². The second-order valence-electron chi connectivity index (χ2n) is 5.27. The van der Waals surface area contributed by atoms with Crippen molar-refractivity contribution in [1.82, 2.24) is 20.5 Å².